The molecular formula is C12H20O2. The van der Waals surface area contributed by atoms with Gasteiger partial charge in [-0.05, 0) is 27.7 Å². The Morgan fingerprint density at radius 1 is 0.714 bits per heavy atom. The van der Waals surface area contributed by atoms with Gasteiger partial charge in [0.1, 0.15) is 11.2 Å². The zero-order valence-electron chi connectivity index (χ0n) is 9.89. The molecule has 0 aromatic carbocycles. The minimum Gasteiger partial charge on any atom is -0.386 e. The van der Waals surface area contributed by atoms with E-state index in [4.69, 9.17) is 0 Å². The molecule has 4 atom stereocenters. The predicted molar refractivity (Wildman–Crippen MR) is 55.8 cm³/mol. The molecule has 0 aliphatic heterocycles. The highest BCUT2D eigenvalue weighted by Gasteiger charge is 2.85. The van der Waals surface area contributed by atoms with E-state index in [9.17, 15) is 10.2 Å². The van der Waals surface area contributed by atoms with E-state index in [1.807, 2.05) is 13.8 Å². The molecule has 2 N–H and O–H groups in total. The summed E-state index contributed by atoms with van der Waals surface area (Å²) in [7, 11) is 0. The van der Waals surface area contributed by atoms with Gasteiger partial charge in [0.15, 0.2) is 0 Å². The first-order valence-corrected chi connectivity index (χ1v) is 5.20. The van der Waals surface area contributed by atoms with Crippen molar-refractivity contribution in [3.63, 3.8) is 0 Å². The lowest BCUT2D eigenvalue weighted by molar-refractivity contribution is -0.366. The predicted octanol–water partition coefficient (Wildman–Crippen LogP) is 1.86. The van der Waals surface area contributed by atoms with Gasteiger partial charge in [0, 0.05) is 10.8 Å². The summed E-state index contributed by atoms with van der Waals surface area (Å²) in [6, 6.07) is 0. The summed E-state index contributed by atoms with van der Waals surface area (Å²) < 4.78 is 0. The Balaban J connectivity index is 2.65. The minimum atomic E-state index is -1.02. The van der Waals surface area contributed by atoms with Gasteiger partial charge in [0.25, 0.3) is 0 Å². The maximum Gasteiger partial charge on any atom is 0.101 e. The van der Waals surface area contributed by atoms with Gasteiger partial charge in [-0.1, -0.05) is 25.0 Å². The van der Waals surface area contributed by atoms with Crippen molar-refractivity contribution < 1.29 is 10.2 Å². The van der Waals surface area contributed by atoms with Crippen molar-refractivity contribution in [3.8, 4) is 0 Å². The number of fused-ring (bicyclic) bond motifs is 1. The van der Waals surface area contributed by atoms with E-state index < -0.39 is 11.2 Å². The van der Waals surface area contributed by atoms with Crippen molar-refractivity contribution >= 4 is 0 Å². The molecule has 0 spiro atoms. The average molecular weight is 196 g/mol. The second-order valence-electron chi connectivity index (χ2n) is 5.64. The summed E-state index contributed by atoms with van der Waals surface area (Å²) in [5, 5.41) is 20.7. The highest BCUT2D eigenvalue weighted by atomic mass is 16.4. The van der Waals surface area contributed by atoms with Gasteiger partial charge in [0.05, 0.1) is 0 Å². The average Bonchev–Trinajstić information content (AvgIpc) is 2.11. The fraction of sp³-hybridized carbons (Fsp3) is 0.833. The van der Waals surface area contributed by atoms with Crippen LogP contribution >= 0.6 is 0 Å². The molecule has 2 heteroatoms. The lowest BCUT2D eigenvalue weighted by atomic mass is 9.26. The van der Waals surface area contributed by atoms with Crippen LogP contribution in [0.1, 0.15) is 41.5 Å². The van der Waals surface area contributed by atoms with Crippen LogP contribution < -0.4 is 0 Å². The molecule has 80 valence electrons. The SMILES string of the molecule is CC1=C(C)C2(C)C(C)(O)C(C)(O)C12C. The molecule has 4 unspecified atom stereocenters. The van der Waals surface area contributed by atoms with Gasteiger partial charge in [-0.2, -0.15) is 0 Å². The zero-order chi connectivity index (χ0) is 11.2. The van der Waals surface area contributed by atoms with Crippen molar-refractivity contribution in [1.82, 2.24) is 0 Å². The third-order valence-corrected chi connectivity index (χ3v) is 5.96. The smallest absolute Gasteiger partial charge is 0.101 e. The van der Waals surface area contributed by atoms with Gasteiger partial charge >= 0.3 is 0 Å². The maximum atomic E-state index is 10.4. The fourth-order valence-corrected chi connectivity index (χ4v) is 4.05. The lowest BCUT2D eigenvalue weighted by Crippen LogP contribution is -2.88. The van der Waals surface area contributed by atoms with E-state index in [0.29, 0.717) is 0 Å². The van der Waals surface area contributed by atoms with E-state index in [1.54, 1.807) is 13.8 Å². The first kappa shape index (κ1) is 10.2. The topological polar surface area (TPSA) is 40.5 Å². The van der Waals surface area contributed by atoms with Crippen molar-refractivity contribution in [3.05, 3.63) is 11.1 Å². The quantitative estimate of drug-likeness (QED) is 0.581. The number of aliphatic hydroxyl groups is 2. The molecule has 14 heavy (non-hydrogen) atoms. The second kappa shape index (κ2) is 1.96. The molecule has 2 aliphatic rings. The molecule has 0 radical (unpaired) electrons. The molecule has 0 bridgehead atoms. The summed E-state index contributed by atoms with van der Waals surface area (Å²) in [4.78, 5) is 0. The third-order valence-electron chi connectivity index (χ3n) is 5.96. The van der Waals surface area contributed by atoms with Crippen LogP contribution in [0.25, 0.3) is 0 Å². The number of hydrogen-bond donors (Lipinski definition) is 2. The van der Waals surface area contributed by atoms with Crippen LogP contribution in [0.4, 0.5) is 0 Å². The van der Waals surface area contributed by atoms with Crippen molar-refractivity contribution in [1.29, 1.82) is 0 Å². The highest BCUT2D eigenvalue weighted by Crippen LogP contribution is 2.80. The molecule has 2 nitrogen and oxygen atoms in total. The molecule has 0 aromatic heterocycles. The number of hydrogen-bond acceptors (Lipinski definition) is 2. The molecule has 2 rings (SSSR count). The molecule has 1 saturated carbocycles. The third kappa shape index (κ3) is 0.496. The molecule has 0 heterocycles. The summed E-state index contributed by atoms with van der Waals surface area (Å²) in [6.07, 6.45) is 0. The molecular weight excluding hydrogens is 176 g/mol. The van der Waals surface area contributed by atoms with Crippen molar-refractivity contribution in [2.75, 3.05) is 0 Å². The summed E-state index contributed by atoms with van der Waals surface area (Å²) in [5.41, 5.74) is -0.0780. The Bertz CT molecular complexity index is 317. The Hall–Kier alpha value is -0.340. The Morgan fingerprint density at radius 2 is 0.929 bits per heavy atom. The lowest BCUT2D eigenvalue weighted by Gasteiger charge is -2.81. The maximum absolute atomic E-state index is 10.4. The van der Waals surface area contributed by atoms with Gasteiger partial charge in [-0.3, -0.25) is 0 Å². The second-order valence-corrected chi connectivity index (χ2v) is 5.64. The van der Waals surface area contributed by atoms with Gasteiger partial charge in [-0.25, -0.2) is 0 Å². The van der Waals surface area contributed by atoms with E-state index in [0.717, 1.165) is 0 Å². The molecule has 0 saturated heterocycles. The molecule has 1 fully saturated rings. The Kier molecular flexibility index (Phi) is 1.42. The van der Waals surface area contributed by atoms with Crippen LogP contribution in [0.3, 0.4) is 0 Å². The molecule has 2 aliphatic carbocycles. The van der Waals surface area contributed by atoms with E-state index in [2.05, 4.69) is 13.8 Å². The summed E-state index contributed by atoms with van der Waals surface area (Å²) >= 11 is 0. The highest BCUT2D eigenvalue weighted by molar-refractivity contribution is 5.55. The van der Waals surface area contributed by atoms with Crippen molar-refractivity contribution in [2.24, 2.45) is 10.8 Å². The van der Waals surface area contributed by atoms with Gasteiger partial charge < -0.3 is 10.2 Å². The first-order chi connectivity index (χ1) is 6.07. The monoisotopic (exact) mass is 196 g/mol. The normalized spacial score (nSPS) is 61.7. The fourth-order valence-electron chi connectivity index (χ4n) is 4.05. The van der Waals surface area contributed by atoms with Crippen LogP contribution in [0.15, 0.2) is 11.1 Å². The van der Waals surface area contributed by atoms with Crippen LogP contribution in [0.5, 0.6) is 0 Å². The largest absolute Gasteiger partial charge is 0.386 e. The Labute approximate surface area is 85.6 Å². The van der Waals surface area contributed by atoms with Crippen LogP contribution in [0, 0.1) is 10.8 Å². The van der Waals surface area contributed by atoms with Gasteiger partial charge in [-0.15, -0.1) is 0 Å². The van der Waals surface area contributed by atoms with Gasteiger partial charge in [0.2, 0.25) is 0 Å². The van der Waals surface area contributed by atoms with E-state index in [1.165, 1.54) is 11.1 Å². The van der Waals surface area contributed by atoms with Crippen LogP contribution in [-0.2, 0) is 0 Å². The standard InChI is InChI=1S/C12H20O2/c1-7-8(2)10(4)9(7,3)11(5,13)12(10,6)14/h13-14H,1-6H3. The van der Waals surface area contributed by atoms with Crippen LogP contribution in [-0.4, -0.2) is 21.4 Å². The van der Waals surface area contributed by atoms with Crippen LogP contribution in [0.2, 0.25) is 0 Å². The summed E-state index contributed by atoms with van der Waals surface area (Å²) in [6.45, 7) is 11.7. The van der Waals surface area contributed by atoms with E-state index in [-0.39, 0.29) is 10.8 Å². The molecule has 0 aromatic rings. The number of rotatable bonds is 0. The summed E-state index contributed by atoms with van der Waals surface area (Å²) in [5.74, 6) is 0. The zero-order valence-corrected chi connectivity index (χ0v) is 9.89. The van der Waals surface area contributed by atoms with Crippen molar-refractivity contribution in [2.45, 2.75) is 52.7 Å². The minimum absolute atomic E-state index is 0.256. The molecule has 0 amide bonds. The first-order valence-electron chi connectivity index (χ1n) is 5.20. The van der Waals surface area contributed by atoms with E-state index >= 15 is 0 Å². The Morgan fingerprint density at radius 3 is 1.14 bits per heavy atom.